The van der Waals surface area contributed by atoms with Crippen molar-refractivity contribution in [2.75, 3.05) is 19.7 Å². The maximum absolute atomic E-state index is 12.3. The molecule has 0 bridgehead atoms. The van der Waals surface area contributed by atoms with Crippen molar-refractivity contribution in [2.24, 2.45) is 11.7 Å². The molecule has 1 aliphatic carbocycles. The van der Waals surface area contributed by atoms with E-state index in [-0.39, 0.29) is 12.6 Å². The molecule has 3 N–H and O–H groups in total. The minimum absolute atomic E-state index is 0.304. The van der Waals surface area contributed by atoms with Crippen molar-refractivity contribution in [3.8, 4) is 0 Å². The van der Waals surface area contributed by atoms with Gasteiger partial charge in [-0.1, -0.05) is 6.42 Å². The van der Waals surface area contributed by atoms with Gasteiger partial charge in [0.25, 0.3) is 0 Å². The van der Waals surface area contributed by atoms with Gasteiger partial charge in [0.05, 0.1) is 12.5 Å². The molecule has 0 aromatic heterocycles. The molecule has 2 atom stereocenters. The minimum Gasteiger partial charge on any atom is -0.395 e. The molecule has 1 saturated carbocycles. The lowest BCUT2D eigenvalue weighted by molar-refractivity contribution is -0.164. The first kappa shape index (κ1) is 14.2. The summed E-state index contributed by atoms with van der Waals surface area (Å²) in [5, 5.41) is 8.70. The molecule has 100 valence electrons. The van der Waals surface area contributed by atoms with Crippen LogP contribution in [0.1, 0.15) is 19.3 Å². The van der Waals surface area contributed by atoms with Crippen LogP contribution in [0.2, 0.25) is 0 Å². The van der Waals surface area contributed by atoms with Gasteiger partial charge in [-0.25, -0.2) is 0 Å². The largest absolute Gasteiger partial charge is 0.406 e. The Kier molecular flexibility index (Phi) is 4.76. The fourth-order valence-electron chi connectivity index (χ4n) is 2.13. The first-order chi connectivity index (χ1) is 7.85. The highest BCUT2D eigenvalue weighted by Gasteiger charge is 2.38. The summed E-state index contributed by atoms with van der Waals surface area (Å²) in [6, 6.07) is -0.364. The maximum atomic E-state index is 12.3. The number of rotatable bonds is 4. The molecule has 7 heteroatoms. The van der Waals surface area contributed by atoms with E-state index in [9.17, 15) is 18.0 Å². The summed E-state index contributed by atoms with van der Waals surface area (Å²) < 4.78 is 36.8. The highest BCUT2D eigenvalue weighted by atomic mass is 19.4. The molecule has 2 unspecified atom stereocenters. The highest BCUT2D eigenvalue weighted by Crippen LogP contribution is 2.27. The van der Waals surface area contributed by atoms with Gasteiger partial charge in [-0.05, 0) is 12.8 Å². The minimum atomic E-state index is -4.45. The summed E-state index contributed by atoms with van der Waals surface area (Å²) in [7, 11) is 0. The number of alkyl halides is 3. The van der Waals surface area contributed by atoms with E-state index >= 15 is 0 Å². The van der Waals surface area contributed by atoms with Gasteiger partial charge in [-0.3, -0.25) is 4.79 Å². The molecular formula is C10H17F3N2O2. The lowest BCUT2D eigenvalue weighted by atomic mass is 10.0. The standard InChI is InChI=1S/C10H17F3N2O2/c11-10(12,13)6-15(4-5-16)9(17)7-2-1-3-8(7)14/h7-8,16H,1-6,14H2. The summed E-state index contributed by atoms with van der Waals surface area (Å²) in [6.07, 6.45) is -2.50. The van der Waals surface area contributed by atoms with Crippen LogP contribution in [-0.2, 0) is 4.79 Å². The second kappa shape index (κ2) is 5.68. The topological polar surface area (TPSA) is 66.6 Å². The van der Waals surface area contributed by atoms with Crippen LogP contribution >= 0.6 is 0 Å². The first-order valence-corrected chi connectivity index (χ1v) is 5.57. The monoisotopic (exact) mass is 254 g/mol. The van der Waals surface area contributed by atoms with Crippen molar-refractivity contribution in [3.63, 3.8) is 0 Å². The van der Waals surface area contributed by atoms with Crippen LogP contribution < -0.4 is 5.73 Å². The highest BCUT2D eigenvalue weighted by molar-refractivity contribution is 5.80. The molecular weight excluding hydrogens is 237 g/mol. The molecule has 0 spiro atoms. The molecule has 17 heavy (non-hydrogen) atoms. The van der Waals surface area contributed by atoms with Crippen LogP contribution in [0.5, 0.6) is 0 Å². The third kappa shape index (κ3) is 4.16. The van der Waals surface area contributed by atoms with Gasteiger partial charge in [0, 0.05) is 12.6 Å². The van der Waals surface area contributed by atoms with E-state index in [1.165, 1.54) is 0 Å². The number of aliphatic hydroxyl groups excluding tert-OH is 1. The second-order valence-electron chi connectivity index (χ2n) is 4.30. The predicted octanol–water partition coefficient (Wildman–Crippen LogP) is 0.497. The number of carbonyl (C=O) groups is 1. The zero-order chi connectivity index (χ0) is 13.1. The van der Waals surface area contributed by atoms with Gasteiger partial charge in [0.1, 0.15) is 6.54 Å². The molecule has 0 aromatic carbocycles. The molecule has 4 nitrogen and oxygen atoms in total. The average molecular weight is 254 g/mol. The smallest absolute Gasteiger partial charge is 0.395 e. The predicted molar refractivity (Wildman–Crippen MR) is 55.0 cm³/mol. The van der Waals surface area contributed by atoms with Crippen molar-refractivity contribution in [2.45, 2.75) is 31.5 Å². The Hall–Kier alpha value is -0.820. The van der Waals surface area contributed by atoms with Crippen molar-refractivity contribution in [3.05, 3.63) is 0 Å². The number of nitrogens with zero attached hydrogens (tertiary/aromatic N) is 1. The number of hydrogen-bond acceptors (Lipinski definition) is 3. The number of amides is 1. The van der Waals surface area contributed by atoms with E-state index < -0.39 is 31.2 Å². The SMILES string of the molecule is NC1CCCC1C(=O)N(CCO)CC(F)(F)F. The van der Waals surface area contributed by atoms with Crippen LogP contribution in [0, 0.1) is 5.92 Å². The van der Waals surface area contributed by atoms with Crippen LogP contribution in [0.4, 0.5) is 13.2 Å². The second-order valence-corrected chi connectivity index (χ2v) is 4.30. The Balaban J connectivity index is 2.66. The zero-order valence-electron chi connectivity index (χ0n) is 9.41. The molecule has 0 aromatic rings. The molecule has 0 heterocycles. The van der Waals surface area contributed by atoms with Gasteiger partial charge < -0.3 is 15.7 Å². The maximum Gasteiger partial charge on any atom is 0.406 e. The van der Waals surface area contributed by atoms with Gasteiger partial charge in [0.2, 0.25) is 5.91 Å². The number of aliphatic hydroxyl groups is 1. The van der Waals surface area contributed by atoms with Crippen molar-refractivity contribution >= 4 is 5.91 Å². The molecule has 1 amide bonds. The average Bonchev–Trinajstić information content (AvgIpc) is 2.61. The van der Waals surface area contributed by atoms with Crippen LogP contribution in [0.15, 0.2) is 0 Å². The van der Waals surface area contributed by atoms with E-state index in [4.69, 9.17) is 10.8 Å². The summed E-state index contributed by atoms with van der Waals surface area (Å²) in [6.45, 7) is -2.11. The summed E-state index contributed by atoms with van der Waals surface area (Å²) >= 11 is 0. The normalized spacial score (nSPS) is 25.0. The van der Waals surface area contributed by atoms with Crippen LogP contribution in [0.25, 0.3) is 0 Å². The molecule has 0 saturated heterocycles. The van der Waals surface area contributed by atoms with Crippen molar-refractivity contribution in [1.82, 2.24) is 4.90 Å². The lowest BCUT2D eigenvalue weighted by Crippen LogP contribution is -2.46. The van der Waals surface area contributed by atoms with Crippen LogP contribution in [0.3, 0.4) is 0 Å². The van der Waals surface area contributed by atoms with Crippen molar-refractivity contribution in [1.29, 1.82) is 0 Å². The molecule has 1 aliphatic rings. The van der Waals surface area contributed by atoms with Crippen molar-refractivity contribution < 1.29 is 23.1 Å². The third-order valence-corrected chi connectivity index (χ3v) is 2.94. The molecule has 1 fully saturated rings. The molecule has 0 aliphatic heterocycles. The fourth-order valence-corrected chi connectivity index (χ4v) is 2.13. The summed E-state index contributed by atoms with van der Waals surface area (Å²) in [4.78, 5) is 12.5. The summed E-state index contributed by atoms with van der Waals surface area (Å²) in [5.41, 5.74) is 5.69. The molecule has 1 rings (SSSR count). The summed E-state index contributed by atoms with van der Waals surface area (Å²) in [5.74, 6) is -1.13. The Bertz CT molecular complexity index is 271. The molecule has 0 radical (unpaired) electrons. The zero-order valence-corrected chi connectivity index (χ0v) is 9.41. The first-order valence-electron chi connectivity index (χ1n) is 5.57. The van der Waals surface area contributed by atoms with Gasteiger partial charge in [0.15, 0.2) is 0 Å². The fraction of sp³-hybridized carbons (Fsp3) is 0.900. The Morgan fingerprint density at radius 3 is 2.47 bits per heavy atom. The number of halogens is 3. The van der Waals surface area contributed by atoms with Gasteiger partial charge in [-0.2, -0.15) is 13.2 Å². The third-order valence-electron chi connectivity index (χ3n) is 2.94. The van der Waals surface area contributed by atoms with E-state index in [2.05, 4.69) is 0 Å². The van der Waals surface area contributed by atoms with Gasteiger partial charge >= 0.3 is 6.18 Å². The van der Waals surface area contributed by atoms with Gasteiger partial charge in [-0.15, -0.1) is 0 Å². The Morgan fingerprint density at radius 1 is 1.41 bits per heavy atom. The number of nitrogens with two attached hydrogens (primary N) is 1. The quantitative estimate of drug-likeness (QED) is 0.767. The van der Waals surface area contributed by atoms with E-state index in [1.54, 1.807) is 0 Å². The van der Waals surface area contributed by atoms with E-state index in [0.717, 1.165) is 6.42 Å². The number of carbonyl (C=O) groups excluding carboxylic acids is 1. The Morgan fingerprint density at radius 2 is 2.06 bits per heavy atom. The van der Waals surface area contributed by atoms with E-state index in [1.807, 2.05) is 0 Å². The van der Waals surface area contributed by atoms with E-state index in [0.29, 0.717) is 17.7 Å². The Labute approximate surface area is 97.6 Å². The lowest BCUT2D eigenvalue weighted by Gasteiger charge is -2.27. The number of hydrogen-bond donors (Lipinski definition) is 2. The van der Waals surface area contributed by atoms with Crippen LogP contribution in [-0.4, -0.2) is 47.8 Å².